The fourth-order valence-electron chi connectivity index (χ4n) is 4.89. The molecule has 1 saturated carbocycles. The fraction of sp³-hybridized carbons (Fsp3) is 0.375. The van der Waals surface area contributed by atoms with Crippen molar-refractivity contribution in [1.82, 2.24) is 24.8 Å². The van der Waals surface area contributed by atoms with Crippen LogP contribution in [0.1, 0.15) is 25.7 Å². The van der Waals surface area contributed by atoms with Crippen LogP contribution in [-0.2, 0) is 4.79 Å². The molecule has 2 saturated heterocycles. The molecule has 0 spiro atoms. The van der Waals surface area contributed by atoms with Gasteiger partial charge in [0, 0.05) is 13.1 Å². The molecule has 3 fully saturated rings. The molecule has 6 rings (SSSR count). The zero-order chi connectivity index (χ0) is 24.1. The lowest BCUT2D eigenvalue weighted by Gasteiger charge is -2.33. The lowest BCUT2D eigenvalue weighted by molar-refractivity contribution is -0.127. The molecule has 1 amide bonds. The quantitative estimate of drug-likeness (QED) is 0.515. The standard InChI is InChI=1S/C24H23ClFN7O2/c1-2-19(34)32-10-14-8-13(32)11-33(14)24-27-9-17-22(31-24)23(29-12-28-17)30-16-6-7-18(20(25)21(16)26)35-15-4-3-5-15/h2,6-7,9,12-15H,1,3-5,8,10-11H2,(H,28,29,30)/t13-,14-/m0/s1. The number of aromatic nitrogens is 4. The number of nitrogens with zero attached hydrogens (tertiary/aromatic N) is 6. The molecule has 1 aliphatic carbocycles. The molecule has 1 aromatic carbocycles. The van der Waals surface area contributed by atoms with E-state index < -0.39 is 5.82 Å². The third kappa shape index (κ3) is 3.81. The van der Waals surface area contributed by atoms with Crippen LogP contribution in [0.2, 0.25) is 5.02 Å². The van der Waals surface area contributed by atoms with Crippen LogP contribution in [0.4, 0.5) is 21.8 Å². The third-order valence-electron chi connectivity index (χ3n) is 6.97. The minimum atomic E-state index is -0.617. The molecule has 2 atom stereocenters. The van der Waals surface area contributed by atoms with Crippen molar-refractivity contribution in [3.8, 4) is 5.75 Å². The van der Waals surface area contributed by atoms with Crippen LogP contribution in [0.15, 0.2) is 37.3 Å². The number of likely N-dealkylation sites (tertiary alicyclic amines) is 1. The molecular weight excluding hydrogens is 473 g/mol. The van der Waals surface area contributed by atoms with E-state index in [-0.39, 0.29) is 34.8 Å². The maximum Gasteiger partial charge on any atom is 0.246 e. The maximum absolute atomic E-state index is 15.1. The van der Waals surface area contributed by atoms with Gasteiger partial charge >= 0.3 is 0 Å². The number of hydrogen-bond acceptors (Lipinski definition) is 8. The van der Waals surface area contributed by atoms with Gasteiger partial charge in [0.2, 0.25) is 11.9 Å². The van der Waals surface area contributed by atoms with Gasteiger partial charge in [-0.05, 0) is 43.9 Å². The van der Waals surface area contributed by atoms with Crippen molar-refractivity contribution in [3.05, 3.63) is 48.2 Å². The molecule has 0 radical (unpaired) electrons. The number of carbonyl (C=O) groups excluding carboxylic acids is 1. The maximum atomic E-state index is 15.1. The van der Waals surface area contributed by atoms with E-state index >= 15 is 4.39 Å². The highest BCUT2D eigenvalue weighted by atomic mass is 35.5. The lowest BCUT2D eigenvalue weighted by Crippen LogP contribution is -2.48. The average molecular weight is 496 g/mol. The predicted octanol–water partition coefficient (Wildman–Crippen LogP) is 3.86. The molecular formula is C24H23ClFN7O2. The highest BCUT2D eigenvalue weighted by Crippen LogP contribution is 2.37. The van der Waals surface area contributed by atoms with Gasteiger partial charge in [-0.15, -0.1) is 0 Å². The molecule has 1 N–H and O–H groups in total. The third-order valence-corrected chi connectivity index (χ3v) is 7.32. The molecule has 0 unspecified atom stereocenters. The van der Waals surface area contributed by atoms with Crippen LogP contribution in [0, 0.1) is 5.82 Å². The Balaban J connectivity index is 1.27. The van der Waals surface area contributed by atoms with Crippen molar-refractivity contribution in [2.45, 2.75) is 43.9 Å². The van der Waals surface area contributed by atoms with Crippen molar-refractivity contribution in [2.24, 2.45) is 0 Å². The van der Waals surface area contributed by atoms with Crippen molar-refractivity contribution in [3.63, 3.8) is 0 Å². The molecule has 2 aliphatic heterocycles. The number of ether oxygens (including phenoxy) is 1. The summed E-state index contributed by atoms with van der Waals surface area (Å²) in [6, 6.07) is 3.47. The number of halogens is 2. The number of hydrogen-bond donors (Lipinski definition) is 1. The number of rotatable bonds is 6. The number of fused-ring (bicyclic) bond motifs is 3. The minimum absolute atomic E-state index is 0.0544. The van der Waals surface area contributed by atoms with E-state index in [9.17, 15) is 4.79 Å². The average Bonchev–Trinajstić information content (AvgIpc) is 3.46. The van der Waals surface area contributed by atoms with Crippen molar-refractivity contribution < 1.29 is 13.9 Å². The molecule has 35 heavy (non-hydrogen) atoms. The second kappa shape index (κ2) is 8.60. The Labute approximate surface area is 206 Å². The van der Waals surface area contributed by atoms with Gasteiger partial charge in [0.15, 0.2) is 11.6 Å². The summed E-state index contributed by atoms with van der Waals surface area (Å²) in [6.07, 6.45) is 8.32. The molecule has 3 aromatic rings. The monoisotopic (exact) mass is 495 g/mol. The minimum Gasteiger partial charge on any atom is -0.489 e. The largest absolute Gasteiger partial charge is 0.489 e. The molecule has 2 bridgehead atoms. The van der Waals surface area contributed by atoms with E-state index in [0.29, 0.717) is 41.6 Å². The van der Waals surface area contributed by atoms with Crippen molar-refractivity contribution in [2.75, 3.05) is 23.3 Å². The second-order valence-electron chi connectivity index (χ2n) is 9.05. The van der Waals surface area contributed by atoms with Gasteiger partial charge in [-0.2, -0.15) is 0 Å². The van der Waals surface area contributed by atoms with E-state index in [1.54, 1.807) is 18.3 Å². The zero-order valence-corrected chi connectivity index (χ0v) is 19.6. The lowest BCUT2D eigenvalue weighted by atomic mass is 9.96. The van der Waals surface area contributed by atoms with Crippen LogP contribution in [0.5, 0.6) is 5.75 Å². The topological polar surface area (TPSA) is 96.4 Å². The summed E-state index contributed by atoms with van der Waals surface area (Å²) in [4.78, 5) is 33.8. The fourth-order valence-corrected chi connectivity index (χ4v) is 5.10. The summed E-state index contributed by atoms with van der Waals surface area (Å²) in [6.45, 7) is 4.83. The number of nitrogens with one attached hydrogen (secondary N) is 1. The van der Waals surface area contributed by atoms with E-state index in [0.717, 1.165) is 25.7 Å². The van der Waals surface area contributed by atoms with E-state index in [4.69, 9.17) is 21.3 Å². The number of piperazine rings is 1. The van der Waals surface area contributed by atoms with Gasteiger partial charge in [-0.25, -0.2) is 24.3 Å². The van der Waals surface area contributed by atoms with Gasteiger partial charge in [0.05, 0.1) is 30.1 Å². The van der Waals surface area contributed by atoms with Gasteiger partial charge in [-0.3, -0.25) is 4.79 Å². The Morgan fingerprint density at radius 1 is 1.23 bits per heavy atom. The highest BCUT2D eigenvalue weighted by molar-refractivity contribution is 6.32. The smallest absolute Gasteiger partial charge is 0.246 e. The first-order valence-corrected chi connectivity index (χ1v) is 12.0. The van der Waals surface area contributed by atoms with Gasteiger partial charge in [-0.1, -0.05) is 18.2 Å². The number of benzene rings is 1. The Kier molecular flexibility index (Phi) is 5.40. The first-order valence-electron chi connectivity index (χ1n) is 11.6. The highest BCUT2D eigenvalue weighted by Gasteiger charge is 2.45. The Morgan fingerprint density at radius 3 is 2.80 bits per heavy atom. The molecule has 3 aliphatic rings. The van der Waals surface area contributed by atoms with Crippen molar-refractivity contribution >= 4 is 46.0 Å². The summed E-state index contributed by atoms with van der Waals surface area (Å²) in [5.41, 5.74) is 1.15. The Morgan fingerprint density at radius 2 is 2.09 bits per heavy atom. The Bertz CT molecular complexity index is 1330. The molecule has 9 nitrogen and oxygen atoms in total. The van der Waals surface area contributed by atoms with Gasteiger partial charge in [0.1, 0.15) is 28.1 Å². The summed E-state index contributed by atoms with van der Waals surface area (Å²) in [5.74, 6) is 0.532. The summed E-state index contributed by atoms with van der Waals surface area (Å²) >= 11 is 6.26. The first kappa shape index (κ1) is 22.0. The van der Waals surface area contributed by atoms with E-state index in [1.165, 1.54) is 12.4 Å². The van der Waals surface area contributed by atoms with Crippen LogP contribution < -0.4 is 15.0 Å². The van der Waals surface area contributed by atoms with Gasteiger partial charge < -0.3 is 19.9 Å². The van der Waals surface area contributed by atoms with E-state index in [1.807, 2.05) is 4.90 Å². The van der Waals surface area contributed by atoms with Crippen LogP contribution in [0.3, 0.4) is 0 Å². The van der Waals surface area contributed by atoms with Gasteiger partial charge in [0.25, 0.3) is 0 Å². The summed E-state index contributed by atoms with van der Waals surface area (Å²) in [5, 5.41) is 2.94. The van der Waals surface area contributed by atoms with Crippen molar-refractivity contribution in [1.29, 1.82) is 0 Å². The molecule has 180 valence electrons. The second-order valence-corrected chi connectivity index (χ2v) is 9.43. The van der Waals surface area contributed by atoms with Crippen LogP contribution in [-0.4, -0.2) is 62.0 Å². The normalized spacial score (nSPS) is 21.3. The number of amides is 1. The molecule has 4 heterocycles. The predicted molar refractivity (Wildman–Crippen MR) is 130 cm³/mol. The zero-order valence-electron chi connectivity index (χ0n) is 18.8. The first-order chi connectivity index (χ1) is 17.0. The molecule has 2 aromatic heterocycles. The van der Waals surface area contributed by atoms with E-state index in [2.05, 4.69) is 31.7 Å². The summed E-state index contributed by atoms with van der Waals surface area (Å²) in [7, 11) is 0. The Hall–Kier alpha value is -3.53. The van der Waals surface area contributed by atoms with Crippen LogP contribution >= 0.6 is 11.6 Å². The summed E-state index contributed by atoms with van der Waals surface area (Å²) < 4.78 is 20.9. The molecule has 11 heteroatoms. The number of carbonyl (C=O) groups is 1. The van der Waals surface area contributed by atoms with Crippen LogP contribution in [0.25, 0.3) is 11.0 Å². The SMILES string of the molecule is C=CC(=O)N1C[C@@H]2C[C@H]1CN2c1ncc2ncnc(Nc3ccc(OC4CCC4)c(Cl)c3F)c2n1. The number of anilines is 3.